The van der Waals surface area contributed by atoms with E-state index in [4.69, 9.17) is 0 Å². The quantitative estimate of drug-likeness (QED) is 0.283. The zero-order chi connectivity index (χ0) is 9.12. The molecule has 70 valence electrons. The van der Waals surface area contributed by atoms with Gasteiger partial charge in [-0.25, -0.2) is 8.37 Å². The molecule has 6 nitrogen and oxygen atoms in total. The predicted molar refractivity (Wildman–Crippen MR) is 50.0 cm³/mol. The molecule has 0 atom stereocenters. The van der Waals surface area contributed by atoms with Crippen LogP contribution < -0.4 is 0 Å². The van der Waals surface area contributed by atoms with Crippen molar-refractivity contribution >= 4 is 71.2 Å². The fourth-order valence-electron chi connectivity index (χ4n) is 0.141. The molecule has 11 heteroatoms. The molecular formula is CH5NaO6S4. The van der Waals surface area contributed by atoms with Crippen LogP contribution in [0.25, 0.3) is 0 Å². The summed E-state index contributed by atoms with van der Waals surface area (Å²) in [4.78, 5) is 0. The SMILES string of the molecule is O=S(=O)(S)OCOS(=O)(=O)S.[NaH]. The second-order valence-corrected chi connectivity index (χ2v) is 6.07. The van der Waals surface area contributed by atoms with Gasteiger partial charge in [-0.1, -0.05) is 0 Å². The van der Waals surface area contributed by atoms with Crippen molar-refractivity contribution in [3.8, 4) is 0 Å². The van der Waals surface area contributed by atoms with Crippen LogP contribution in [0, 0.1) is 0 Å². The molecule has 0 aromatic carbocycles. The Labute approximate surface area is 102 Å². The van der Waals surface area contributed by atoms with E-state index in [0.717, 1.165) is 0 Å². The summed E-state index contributed by atoms with van der Waals surface area (Å²) in [6.07, 6.45) is 0. The van der Waals surface area contributed by atoms with Gasteiger partial charge in [0.2, 0.25) is 0 Å². The molecule has 0 heterocycles. The Morgan fingerprint density at radius 3 is 1.33 bits per heavy atom. The zero-order valence-corrected chi connectivity index (χ0v) is 8.29. The maximum atomic E-state index is 10.1. The van der Waals surface area contributed by atoms with Gasteiger partial charge in [0.25, 0.3) is 0 Å². The molecule has 0 N–H and O–H groups in total. The third kappa shape index (κ3) is 14.1. The first-order chi connectivity index (χ1) is 4.71. The molecule has 0 aliphatic rings. The van der Waals surface area contributed by atoms with Gasteiger partial charge < -0.3 is 0 Å². The Balaban J connectivity index is 0. The number of hydrogen-bond acceptors (Lipinski definition) is 6. The molecule has 0 saturated heterocycles. The Kier molecular flexibility index (Phi) is 8.10. The molecule has 0 radical (unpaired) electrons. The molecule has 0 aromatic rings. The molecule has 0 spiro atoms. The Bertz CT molecular complexity index is 268. The average Bonchev–Trinajstić information content (AvgIpc) is 1.55. The second-order valence-electron chi connectivity index (χ2n) is 1.21. The number of rotatable bonds is 4. The van der Waals surface area contributed by atoms with E-state index in [0.29, 0.717) is 0 Å². The van der Waals surface area contributed by atoms with Crippen molar-refractivity contribution in [3.63, 3.8) is 0 Å². The summed E-state index contributed by atoms with van der Waals surface area (Å²) in [6, 6.07) is 0. The van der Waals surface area contributed by atoms with Gasteiger partial charge in [0.15, 0.2) is 6.79 Å². The van der Waals surface area contributed by atoms with Gasteiger partial charge in [-0.05, 0) is 23.3 Å². The minimum atomic E-state index is -3.98. The topological polar surface area (TPSA) is 86.7 Å². The summed E-state index contributed by atoms with van der Waals surface area (Å²) in [5.41, 5.74) is 0. The normalized spacial score (nSPS) is 12.2. The van der Waals surface area contributed by atoms with Crippen LogP contribution in [0.4, 0.5) is 0 Å². The molecule has 0 rings (SSSR count). The van der Waals surface area contributed by atoms with E-state index in [2.05, 4.69) is 31.7 Å². The molecule has 0 saturated carbocycles. The molecular weight excluding hydrogens is 259 g/mol. The first-order valence-corrected chi connectivity index (χ1v) is 6.86. The van der Waals surface area contributed by atoms with E-state index in [1.807, 2.05) is 0 Å². The average molecular weight is 264 g/mol. The van der Waals surface area contributed by atoms with Gasteiger partial charge in [-0.15, -0.1) is 0 Å². The van der Waals surface area contributed by atoms with Crippen LogP contribution in [-0.2, 0) is 26.7 Å². The van der Waals surface area contributed by atoms with E-state index in [9.17, 15) is 16.8 Å². The molecule has 12 heavy (non-hydrogen) atoms. The van der Waals surface area contributed by atoms with Crippen molar-refractivity contribution in [2.24, 2.45) is 0 Å². The van der Waals surface area contributed by atoms with Crippen molar-refractivity contribution in [2.75, 3.05) is 6.79 Å². The molecule has 0 aliphatic carbocycles. The van der Waals surface area contributed by atoms with Crippen molar-refractivity contribution in [3.05, 3.63) is 0 Å². The van der Waals surface area contributed by atoms with Gasteiger partial charge in [0.1, 0.15) is 0 Å². The summed E-state index contributed by atoms with van der Waals surface area (Å²) in [6.45, 7) is -0.961. The van der Waals surface area contributed by atoms with E-state index in [1.165, 1.54) is 0 Å². The van der Waals surface area contributed by atoms with Crippen LogP contribution in [0.3, 0.4) is 0 Å². The second kappa shape index (κ2) is 6.09. The van der Waals surface area contributed by atoms with Crippen LogP contribution in [0.15, 0.2) is 0 Å². The molecule has 0 aromatic heterocycles. The molecule has 0 bridgehead atoms. The first-order valence-electron chi connectivity index (χ1n) is 1.94. The standard InChI is InChI=1S/CH4O6S4.Na.H/c2-10(3,8)6-1-7-11(4,5)9;;/h1H2,(H,2,3,8)(H,4,5,9);;. The zero-order valence-electron chi connectivity index (χ0n) is 4.87. The molecule has 0 aliphatic heterocycles. The van der Waals surface area contributed by atoms with E-state index in [-0.39, 0.29) is 29.6 Å². The van der Waals surface area contributed by atoms with Crippen LogP contribution >= 0.6 is 23.3 Å². The maximum absolute atomic E-state index is 10.1. The van der Waals surface area contributed by atoms with Crippen molar-refractivity contribution < 1.29 is 25.2 Å². The predicted octanol–water partition coefficient (Wildman–Crippen LogP) is -1.32. The Hall–Kier alpha value is 1.52. The summed E-state index contributed by atoms with van der Waals surface area (Å²) in [7, 11) is -7.95. The van der Waals surface area contributed by atoms with Crippen molar-refractivity contribution in [1.29, 1.82) is 0 Å². The third-order valence-corrected chi connectivity index (χ3v) is 1.81. The summed E-state index contributed by atoms with van der Waals surface area (Å²) in [5, 5.41) is 0. The van der Waals surface area contributed by atoms with Gasteiger partial charge in [0.05, 0.1) is 0 Å². The van der Waals surface area contributed by atoms with Gasteiger partial charge in [0, 0.05) is 0 Å². The van der Waals surface area contributed by atoms with E-state index >= 15 is 0 Å². The third-order valence-electron chi connectivity index (χ3n) is 0.394. The fraction of sp³-hybridized carbons (Fsp3) is 1.00. The van der Waals surface area contributed by atoms with Crippen LogP contribution in [0.2, 0.25) is 0 Å². The number of thiol groups is 2. The van der Waals surface area contributed by atoms with Crippen molar-refractivity contribution in [1.82, 2.24) is 0 Å². The van der Waals surface area contributed by atoms with Gasteiger partial charge in [-0.3, -0.25) is 0 Å². The summed E-state index contributed by atoms with van der Waals surface area (Å²) in [5.74, 6) is 0. The Morgan fingerprint density at radius 2 is 1.17 bits per heavy atom. The van der Waals surface area contributed by atoms with Crippen LogP contribution in [0.1, 0.15) is 0 Å². The summed E-state index contributed by atoms with van der Waals surface area (Å²) >= 11 is 5.87. The van der Waals surface area contributed by atoms with Crippen LogP contribution in [-0.4, -0.2) is 53.2 Å². The van der Waals surface area contributed by atoms with Gasteiger partial charge in [-0.2, -0.15) is 16.8 Å². The first kappa shape index (κ1) is 16.0. The van der Waals surface area contributed by atoms with Crippen LogP contribution in [0.5, 0.6) is 0 Å². The summed E-state index contributed by atoms with van der Waals surface area (Å²) < 4.78 is 47.8. The van der Waals surface area contributed by atoms with E-state index in [1.54, 1.807) is 0 Å². The Morgan fingerprint density at radius 1 is 0.917 bits per heavy atom. The number of hydrogen-bond donors (Lipinski definition) is 2. The van der Waals surface area contributed by atoms with E-state index < -0.39 is 25.1 Å². The van der Waals surface area contributed by atoms with Crippen molar-refractivity contribution in [2.45, 2.75) is 0 Å². The molecule has 0 amide bonds. The molecule has 0 unspecified atom stereocenters. The van der Waals surface area contributed by atoms with Gasteiger partial charge >= 0.3 is 47.9 Å². The molecule has 0 fully saturated rings. The fourth-order valence-corrected chi connectivity index (χ4v) is 0.800. The minimum absolute atomic E-state index is 0. The monoisotopic (exact) mass is 264 g/mol.